The predicted octanol–water partition coefficient (Wildman–Crippen LogP) is 2.89. The lowest BCUT2D eigenvalue weighted by Crippen LogP contribution is -2.24. The van der Waals surface area contributed by atoms with Gasteiger partial charge in [-0.2, -0.15) is 0 Å². The van der Waals surface area contributed by atoms with Crippen LogP contribution in [-0.4, -0.2) is 31.1 Å². The molecule has 18 heavy (non-hydrogen) atoms. The molecule has 0 aliphatic carbocycles. The summed E-state index contributed by atoms with van der Waals surface area (Å²) in [5, 5.41) is 0.713. The first-order valence-corrected chi connectivity index (χ1v) is 6.18. The van der Waals surface area contributed by atoms with Gasteiger partial charge in [0.15, 0.2) is 0 Å². The third kappa shape index (κ3) is 4.90. The molecule has 4 heteroatoms. The van der Waals surface area contributed by atoms with Crippen LogP contribution < -0.4 is 0 Å². The van der Waals surface area contributed by atoms with Gasteiger partial charge in [0.25, 0.3) is 0 Å². The zero-order valence-electron chi connectivity index (χ0n) is 10.8. The Morgan fingerprint density at radius 2 is 2.22 bits per heavy atom. The van der Waals surface area contributed by atoms with E-state index in [1.165, 1.54) is 0 Å². The minimum Gasteiger partial charge on any atom is -0.463 e. The molecule has 0 heterocycles. The van der Waals surface area contributed by atoms with Crippen molar-refractivity contribution in [3.05, 3.63) is 47.0 Å². The van der Waals surface area contributed by atoms with Gasteiger partial charge in [-0.1, -0.05) is 30.3 Å². The van der Waals surface area contributed by atoms with Crippen molar-refractivity contribution < 1.29 is 9.53 Å². The summed E-state index contributed by atoms with van der Waals surface area (Å²) >= 11 is 5.92. The molecule has 0 N–H and O–H groups in total. The molecular formula is C14H18ClNO2. The van der Waals surface area contributed by atoms with E-state index in [9.17, 15) is 4.79 Å². The molecular weight excluding hydrogens is 250 g/mol. The van der Waals surface area contributed by atoms with Gasteiger partial charge < -0.3 is 4.74 Å². The van der Waals surface area contributed by atoms with E-state index in [0.717, 1.165) is 5.56 Å². The molecule has 0 atom stereocenters. The maximum atomic E-state index is 11.4. The minimum atomic E-state index is -0.338. The third-order valence-electron chi connectivity index (χ3n) is 2.37. The second-order valence-corrected chi connectivity index (χ2v) is 4.56. The predicted molar refractivity (Wildman–Crippen MR) is 73.6 cm³/mol. The number of nitrogens with zero attached hydrogens (tertiary/aromatic N) is 1. The van der Waals surface area contributed by atoms with E-state index < -0.39 is 0 Å². The van der Waals surface area contributed by atoms with Gasteiger partial charge in [-0.3, -0.25) is 4.90 Å². The van der Waals surface area contributed by atoms with Crippen LogP contribution >= 0.6 is 11.6 Å². The highest BCUT2D eigenvalue weighted by atomic mass is 35.5. The number of esters is 1. The Morgan fingerprint density at radius 3 is 2.83 bits per heavy atom. The van der Waals surface area contributed by atoms with Gasteiger partial charge in [0.05, 0.1) is 6.61 Å². The Hall–Kier alpha value is -1.32. The van der Waals surface area contributed by atoms with Crippen LogP contribution in [0.2, 0.25) is 5.02 Å². The molecule has 1 rings (SSSR count). The summed E-state index contributed by atoms with van der Waals surface area (Å²) in [6.07, 6.45) is 0. The Morgan fingerprint density at radius 1 is 1.50 bits per heavy atom. The van der Waals surface area contributed by atoms with Crippen LogP contribution in [0.1, 0.15) is 12.5 Å². The van der Waals surface area contributed by atoms with E-state index >= 15 is 0 Å². The molecule has 0 radical (unpaired) electrons. The number of hydrogen-bond acceptors (Lipinski definition) is 3. The molecule has 0 fully saturated rings. The number of benzene rings is 1. The van der Waals surface area contributed by atoms with Gasteiger partial charge in [-0.05, 0) is 31.7 Å². The van der Waals surface area contributed by atoms with Gasteiger partial charge in [-0.25, -0.2) is 4.79 Å². The van der Waals surface area contributed by atoms with E-state index in [2.05, 4.69) is 6.58 Å². The molecule has 0 saturated heterocycles. The summed E-state index contributed by atoms with van der Waals surface area (Å²) in [7, 11) is 1.92. The smallest absolute Gasteiger partial charge is 0.334 e. The van der Waals surface area contributed by atoms with Crippen LogP contribution in [0.4, 0.5) is 0 Å². The van der Waals surface area contributed by atoms with Gasteiger partial charge in [0.1, 0.15) is 0 Å². The second-order valence-electron chi connectivity index (χ2n) is 4.13. The first-order chi connectivity index (χ1) is 8.52. The standard InChI is InChI=1S/C14H18ClNO2/c1-4-18-14(17)11(2)9-16(3)10-12-6-5-7-13(15)8-12/h5-8H,2,4,9-10H2,1,3H3. The highest BCUT2D eigenvalue weighted by Crippen LogP contribution is 2.12. The van der Waals surface area contributed by atoms with Crippen molar-refractivity contribution in [1.29, 1.82) is 0 Å². The van der Waals surface area contributed by atoms with Crippen molar-refractivity contribution in [2.75, 3.05) is 20.2 Å². The maximum absolute atomic E-state index is 11.4. The average molecular weight is 268 g/mol. The molecule has 3 nitrogen and oxygen atoms in total. The SMILES string of the molecule is C=C(CN(C)Cc1cccc(Cl)c1)C(=O)OCC. The summed E-state index contributed by atoms with van der Waals surface area (Å²) in [6.45, 7) is 7.06. The molecule has 0 unspecified atom stereocenters. The van der Waals surface area contributed by atoms with Gasteiger partial charge in [0.2, 0.25) is 0 Å². The van der Waals surface area contributed by atoms with Crippen molar-refractivity contribution in [2.45, 2.75) is 13.5 Å². The molecule has 1 aromatic rings. The van der Waals surface area contributed by atoms with E-state index in [4.69, 9.17) is 16.3 Å². The van der Waals surface area contributed by atoms with Crippen molar-refractivity contribution >= 4 is 17.6 Å². The minimum absolute atomic E-state index is 0.338. The lowest BCUT2D eigenvalue weighted by molar-refractivity contribution is -0.138. The molecule has 0 bridgehead atoms. The Labute approximate surface area is 113 Å². The summed E-state index contributed by atoms with van der Waals surface area (Å²) in [5.74, 6) is -0.338. The fourth-order valence-corrected chi connectivity index (χ4v) is 1.84. The number of carbonyl (C=O) groups is 1. The van der Waals surface area contributed by atoms with E-state index in [1.54, 1.807) is 6.92 Å². The number of halogens is 1. The van der Waals surface area contributed by atoms with Crippen molar-refractivity contribution in [3.8, 4) is 0 Å². The summed E-state index contributed by atoms with van der Waals surface area (Å²) in [4.78, 5) is 13.4. The van der Waals surface area contributed by atoms with Crippen LogP contribution in [0.5, 0.6) is 0 Å². The second kappa shape index (κ2) is 7.19. The zero-order chi connectivity index (χ0) is 13.5. The highest BCUT2D eigenvalue weighted by molar-refractivity contribution is 6.30. The van der Waals surface area contributed by atoms with Gasteiger partial charge in [-0.15, -0.1) is 0 Å². The zero-order valence-corrected chi connectivity index (χ0v) is 11.5. The fourth-order valence-electron chi connectivity index (χ4n) is 1.63. The highest BCUT2D eigenvalue weighted by Gasteiger charge is 2.10. The number of rotatable bonds is 6. The van der Waals surface area contributed by atoms with Crippen molar-refractivity contribution in [2.24, 2.45) is 0 Å². The Kier molecular flexibility index (Phi) is 5.89. The van der Waals surface area contributed by atoms with E-state index in [-0.39, 0.29) is 5.97 Å². The summed E-state index contributed by atoms with van der Waals surface area (Å²) in [6, 6.07) is 7.65. The molecule has 0 aromatic heterocycles. The normalized spacial score (nSPS) is 10.4. The summed E-state index contributed by atoms with van der Waals surface area (Å²) in [5.41, 5.74) is 1.56. The van der Waals surface area contributed by atoms with Crippen molar-refractivity contribution in [3.63, 3.8) is 0 Å². The molecule has 98 valence electrons. The molecule has 1 aromatic carbocycles. The topological polar surface area (TPSA) is 29.5 Å². The van der Waals surface area contributed by atoms with Gasteiger partial charge in [0, 0.05) is 23.7 Å². The van der Waals surface area contributed by atoms with E-state index in [0.29, 0.717) is 30.3 Å². The van der Waals surface area contributed by atoms with Crippen LogP contribution in [0.25, 0.3) is 0 Å². The largest absolute Gasteiger partial charge is 0.463 e. The Balaban J connectivity index is 2.49. The fraction of sp³-hybridized carbons (Fsp3) is 0.357. The van der Waals surface area contributed by atoms with Crippen molar-refractivity contribution in [1.82, 2.24) is 4.90 Å². The van der Waals surface area contributed by atoms with Crippen LogP contribution in [-0.2, 0) is 16.1 Å². The number of carbonyl (C=O) groups excluding carboxylic acids is 1. The third-order valence-corrected chi connectivity index (χ3v) is 2.60. The molecule has 0 aliphatic rings. The average Bonchev–Trinajstić information content (AvgIpc) is 2.28. The molecule has 0 spiro atoms. The van der Waals surface area contributed by atoms with Crippen LogP contribution in [0, 0.1) is 0 Å². The van der Waals surface area contributed by atoms with Gasteiger partial charge >= 0.3 is 5.97 Å². The lowest BCUT2D eigenvalue weighted by Gasteiger charge is -2.17. The number of likely N-dealkylation sites (N-methyl/N-ethyl adjacent to an activating group) is 1. The Bertz CT molecular complexity index is 432. The summed E-state index contributed by atoms with van der Waals surface area (Å²) < 4.78 is 4.89. The molecule has 0 aliphatic heterocycles. The first-order valence-electron chi connectivity index (χ1n) is 5.80. The molecule has 0 amide bonds. The van der Waals surface area contributed by atoms with Crippen LogP contribution in [0.15, 0.2) is 36.4 Å². The number of ether oxygens (including phenoxy) is 1. The molecule has 0 saturated carbocycles. The maximum Gasteiger partial charge on any atom is 0.334 e. The first kappa shape index (κ1) is 14.7. The number of hydrogen-bond donors (Lipinski definition) is 0. The quantitative estimate of drug-likeness (QED) is 0.586. The lowest BCUT2D eigenvalue weighted by atomic mass is 10.2. The van der Waals surface area contributed by atoms with Crippen LogP contribution in [0.3, 0.4) is 0 Å². The van der Waals surface area contributed by atoms with E-state index in [1.807, 2.05) is 36.2 Å². The monoisotopic (exact) mass is 267 g/mol.